The molecule has 3 aromatic rings. The van der Waals surface area contributed by atoms with Gasteiger partial charge in [-0.3, -0.25) is 9.80 Å². The van der Waals surface area contributed by atoms with Crippen LogP contribution in [0.3, 0.4) is 0 Å². The Morgan fingerprint density at radius 1 is 0.976 bits per heavy atom. The van der Waals surface area contributed by atoms with Gasteiger partial charge in [0.1, 0.15) is 0 Å². The average molecular weight is 565 g/mol. The van der Waals surface area contributed by atoms with Crippen molar-refractivity contribution in [3.63, 3.8) is 0 Å². The number of aromatic nitrogens is 3. The minimum atomic E-state index is -0.454. The van der Waals surface area contributed by atoms with Crippen LogP contribution in [0.25, 0.3) is 0 Å². The van der Waals surface area contributed by atoms with Crippen molar-refractivity contribution in [3.05, 3.63) is 47.8 Å². The van der Waals surface area contributed by atoms with Gasteiger partial charge in [0, 0.05) is 57.1 Å². The zero-order valence-corrected chi connectivity index (χ0v) is 23.6. The molecule has 2 N–H and O–H groups in total. The van der Waals surface area contributed by atoms with Crippen molar-refractivity contribution >= 4 is 23.5 Å². The second-order valence-electron chi connectivity index (χ2n) is 10.5. The smallest absolute Gasteiger partial charge is 0.233 e. The molecule has 41 heavy (non-hydrogen) atoms. The molecule has 0 aliphatic carbocycles. The monoisotopic (exact) mass is 564 g/mol. The molecule has 0 saturated carbocycles. The number of halogens is 1. The lowest BCUT2D eigenvalue weighted by Gasteiger charge is -2.35. The number of fused-ring (bicyclic) bond motifs is 1. The first-order valence-corrected chi connectivity index (χ1v) is 14.3. The van der Waals surface area contributed by atoms with Crippen LogP contribution in [0.2, 0.25) is 0 Å². The molecule has 2 fully saturated rings. The second-order valence-corrected chi connectivity index (χ2v) is 10.5. The van der Waals surface area contributed by atoms with Crippen molar-refractivity contribution in [2.45, 2.75) is 32.4 Å². The topological polar surface area (TPSA) is 100 Å². The highest BCUT2D eigenvalue weighted by molar-refractivity contribution is 5.57. The molecule has 12 heteroatoms. The van der Waals surface area contributed by atoms with E-state index in [1.54, 1.807) is 12.1 Å². The summed E-state index contributed by atoms with van der Waals surface area (Å²) < 4.78 is 30.4. The highest BCUT2D eigenvalue weighted by Crippen LogP contribution is 2.33. The molecular formula is C29H37FN8O3. The first-order chi connectivity index (χ1) is 20.1. The zero-order valence-electron chi connectivity index (χ0n) is 23.6. The van der Waals surface area contributed by atoms with E-state index < -0.39 is 5.82 Å². The molecule has 2 aromatic carbocycles. The summed E-state index contributed by atoms with van der Waals surface area (Å²) in [5.41, 5.74) is 1.73. The zero-order chi connectivity index (χ0) is 28.2. The number of methoxy groups -OCH3 is 1. The molecule has 4 heterocycles. The van der Waals surface area contributed by atoms with Gasteiger partial charge in [0.2, 0.25) is 24.6 Å². The van der Waals surface area contributed by atoms with Crippen molar-refractivity contribution in [2.24, 2.45) is 0 Å². The maximum Gasteiger partial charge on any atom is 0.233 e. The Labute approximate surface area is 239 Å². The van der Waals surface area contributed by atoms with Gasteiger partial charge < -0.3 is 29.7 Å². The Balaban J connectivity index is 1.15. The summed E-state index contributed by atoms with van der Waals surface area (Å²) >= 11 is 0. The summed E-state index contributed by atoms with van der Waals surface area (Å²) in [4.78, 5) is 21.2. The lowest BCUT2D eigenvalue weighted by molar-refractivity contribution is 0.174. The van der Waals surface area contributed by atoms with Crippen LogP contribution in [-0.2, 0) is 6.54 Å². The molecule has 1 atom stereocenters. The molecule has 3 aliphatic rings. The Bertz CT molecular complexity index is 1350. The number of hydrogen-bond acceptors (Lipinski definition) is 11. The molecular weight excluding hydrogens is 527 g/mol. The Kier molecular flexibility index (Phi) is 8.19. The van der Waals surface area contributed by atoms with Crippen LogP contribution in [0.1, 0.15) is 25.3 Å². The molecule has 0 radical (unpaired) electrons. The van der Waals surface area contributed by atoms with Crippen LogP contribution < -0.4 is 29.7 Å². The van der Waals surface area contributed by atoms with Gasteiger partial charge in [-0.1, -0.05) is 13.0 Å². The number of ether oxygens (including phenoxy) is 3. The molecule has 0 bridgehead atoms. The third-order valence-corrected chi connectivity index (χ3v) is 7.93. The number of rotatable bonds is 10. The largest absolute Gasteiger partial charge is 0.494 e. The van der Waals surface area contributed by atoms with Gasteiger partial charge in [-0.25, -0.2) is 4.39 Å². The van der Waals surface area contributed by atoms with Crippen molar-refractivity contribution in [1.29, 1.82) is 0 Å². The van der Waals surface area contributed by atoms with Crippen LogP contribution in [0.5, 0.6) is 17.2 Å². The van der Waals surface area contributed by atoms with E-state index >= 15 is 0 Å². The molecule has 3 aliphatic heterocycles. The van der Waals surface area contributed by atoms with Gasteiger partial charge in [0.15, 0.2) is 23.1 Å². The fourth-order valence-corrected chi connectivity index (χ4v) is 5.67. The van der Waals surface area contributed by atoms with Crippen molar-refractivity contribution in [2.75, 3.05) is 75.2 Å². The molecule has 1 unspecified atom stereocenters. The predicted octanol–water partition coefficient (Wildman–Crippen LogP) is 3.71. The Hall–Kier alpha value is -3.90. The minimum absolute atomic E-state index is 0.185. The third-order valence-electron chi connectivity index (χ3n) is 7.93. The maximum absolute atomic E-state index is 14.4. The summed E-state index contributed by atoms with van der Waals surface area (Å²) in [6.45, 7) is 9.50. The predicted molar refractivity (Wildman–Crippen MR) is 155 cm³/mol. The maximum atomic E-state index is 14.4. The Morgan fingerprint density at radius 3 is 2.61 bits per heavy atom. The fourth-order valence-electron chi connectivity index (χ4n) is 5.67. The van der Waals surface area contributed by atoms with Crippen molar-refractivity contribution in [3.8, 4) is 17.2 Å². The first-order valence-electron chi connectivity index (χ1n) is 14.3. The summed E-state index contributed by atoms with van der Waals surface area (Å²) in [7, 11) is 1.45. The molecule has 218 valence electrons. The number of hydrogen-bond donors (Lipinski definition) is 2. The third kappa shape index (κ3) is 6.38. The normalized spacial score (nSPS) is 19.0. The van der Waals surface area contributed by atoms with E-state index in [1.165, 1.54) is 25.2 Å². The number of likely N-dealkylation sites (N-methyl/N-ethyl adjacent to an activating group) is 1. The van der Waals surface area contributed by atoms with Gasteiger partial charge in [0.25, 0.3) is 0 Å². The van der Waals surface area contributed by atoms with Gasteiger partial charge in [-0.05, 0) is 55.8 Å². The second kappa shape index (κ2) is 12.3. The van der Waals surface area contributed by atoms with Gasteiger partial charge in [-0.15, -0.1) is 0 Å². The van der Waals surface area contributed by atoms with E-state index in [-0.39, 0.29) is 12.5 Å². The standard InChI is InChI=1S/C29H37FN8O3/c1-3-37-10-4-5-22(37)17-31-27-33-28(32-21-7-9-24(39-2)23(30)16-21)35-29(34-27)38-13-11-36(12-14-38)18-20-6-8-25-26(15-20)41-19-40-25/h6-9,15-16,22H,3-5,10-14,17-19H2,1-2H3,(H2,31,32,33,34,35). The molecule has 11 nitrogen and oxygen atoms in total. The highest BCUT2D eigenvalue weighted by Gasteiger charge is 2.25. The number of benzene rings is 2. The van der Waals surface area contributed by atoms with Crippen LogP contribution in [0.4, 0.5) is 27.9 Å². The summed E-state index contributed by atoms with van der Waals surface area (Å²) in [5, 5.41) is 6.61. The first kappa shape index (κ1) is 27.3. The average Bonchev–Trinajstić information content (AvgIpc) is 3.65. The number of nitrogens with one attached hydrogen (secondary N) is 2. The fraction of sp³-hybridized carbons (Fsp3) is 0.483. The quantitative estimate of drug-likeness (QED) is 0.377. The minimum Gasteiger partial charge on any atom is -0.494 e. The molecule has 0 spiro atoms. The summed E-state index contributed by atoms with van der Waals surface area (Å²) in [5.74, 6) is 2.81. The van der Waals surface area contributed by atoms with E-state index in [9.17, 15) is 4.39 Å². The van der Waals surface area contributed by atoms with Crippen molar-refractivity contribution < 1.29 is 18.6 Å². The van der Waals surface area contributed by atoms with E-state index in [4.69, 9.17) is 24.2 Å². The lowest BCUT2D eigenvalue weighted by Crippen LogP contribution is -2.46. The number of anilines is 4. The highest BCUT2D eigenvalue weighted by atomic mass is 19.1. The summed E-state index contributed by atoms with van der Waals surface area (Å²) in [6.07, 6.45) is 2.36. The molecule has 0 amide bonds. The molecule has 2 saturated heterocycles. The van der Waals surface area contributed by atoms with Crippen LogP contribution in [-0.4, -0.2) is 90.5 Å². The van der Waals surface area contributed by atoms with E-state index in [2.05, 4.69) is 49.4 Å². The molecule has 1 aromatic heterocycles. The van der Waals surface area contributed by atoms with Gasteiger partial charge in [-0.2, -0.15) is 15.0 Å². The van der Waals surface area contributed by atoms with E-state index in [0.717, 1.165) is 70.3 Å². The lowest BCUT2D eigenvalue weighted by atomic mass is 10.1. The van der Waals surface area contributed by atoms with Crippen LogP contribution in [0.15, 0.2) is 36.4 Å². The summed E-state index contributed by atoms with van der Waals surface area (Å²) in [6, 6.07) is 11.3. The SMILES string of the molecule is CCN1CCCC1CNc1nc(Nc2ccc(OC)c(F)c2)nc(N2CCN(Cc3ccc4c(c3)OCO4)CC2)n1. The number of likely N-dealkylation sites (tertiary alicyclic amines) is 1. The van der Waals surface area contributed by atoms with Gasteiger partial charge >= 0.3 is 0 Å². The van der Waals surface area contributed by atoms with E-state index in [0.29, 0.717) is 29.6 Å². The van der Waals surface area contributed by atoms with Crippen LogP contribution >= 0.6 is 0 Å². The molecule has 6 rings (SSSR count). The van der Waals surface area contributed by atoms with Crippen LogP contribution in [0, 0.1) is 5.82 Å². The number of nitrogens with zero attached hydrogens (tertiary/aromatic N) is 6. The van der Waals surface area contributed by atoms with Gasteiger partial charge in [0.05, 0.1) is 7.11 Å². The van der Waals surface area contributed by atoms with E-state index in [1.807, 2.05) is 6.07 Å². The van der Waals surface area contributed by atoms with Crippen molar-refractivity contribution in [1.82, 2.24) is 24.8 Å². The Morgan fingerprint density at radius 2 is 1.80 bits per heavy atom. The number of piperazine rings is 1.